The van der Waals surface area contributed by atoms with E-state index in [2.05, 4.69) is 9.82 Å². The van der Waals surface area contributed by atoms with E-state index in [0.717, 1.165) is 6.92 Å². The highest BCUT2D eigenvalue weighted by molar-refractivity contribution is 7.90. The summed E-state index contributed by atoms with van der Waals surface area (Å²) in [4.78, 5) is 10.5. The fraction of sp³-hybridized carbons (Fsp3) is 0.500. The van der Waals surface area contributed by atoms with Crippen molar-refractivity contribution < 1.29 is 18.3 Å². The first-order chi connectivity index (χ1) is 7.33. The highest BCUT2D eigenvalue weighted by Gasteiger charge is 2.26. The molecule has 0 aliphatic rings. The Labute approximate surface area is 93.1 Å². The second kappa shape index (κ2) is 4.62. The number of aliphatic carboxylic acids is 1. The summed E-state index contributed by atoms with van der Waals surface area (Å²) in [6, 6.07) is 0. The molecule has 0 aromatic carbocycles. The van der Waals surface area contributed by atoms with Crippen molar-refractivity contribution in [2.45, 2.75) is 18.7 Å². The van der Waals surface area contributed by atoms with Crippen LogP contribution < -0.4 is 4.72 Å². The van der Waals surface area contributed by atoms with Gasteiger partial charge in [-0.15, -0.1) is 0 Å². The normalized spacial score (nSPS) is 13.6. The summed E-state index contributed by atoms with van der Waals surface area (Å²) in [5.74, 6) is -1.38. The molecular weight excluding hydrogens is 234 g/mol. The second-order valence-corrected chi connectivity index (χ2v) is 5.45. The molecule has 1 unspecified atom stereocenters. The molecule has 0 aliphatic carbocycles. The fourth-order valence-electron chi connectivity index (χ4n) is 1.00. The zero-order valence-corrected chi connectivity index (χ0v) is 9.73. The molecule has 0 saturated carbocycles. The van der Waals surface area contributed by atoms with Gasteiger partial charge in [0.25, 0.3) is 0 Å². The lowest BCUT2D eigenvalue weighted by molar-refractivity contribution is -0.136. The third kappa shape index (κ3) is 3.04. The molecular formula is C8H13N3O4S. The number of carboxylic acid groups (broad SMARTS) is 1. The Morgan fingerprint density at radius 3 is 2.75 bits per heavy atom. The van der Waals surface area contributed by atoms with Gasteiger partial charge in [0.15, 0.2) is 5.25 Å². The molecule has 90 valence electrons. The summed E-state index contributed by atoms with van der Waals surface area (Å²) in [6.07, 6.45) is 3.15. The van der Waals surface area contributed by atoms with Gasteiger partial charge in [0.1, 0.15) is 0 Å². The van der Waals surface area contributed by atoms with Crippen molar-refractivity contribution in [1.82, 2.24) is 14.5 Å². The number of nitrogens with one attached hydrogen (secondary N) is 1. The molecule has 2 N–H and O–H groups in total. The van der Waals surface area contributed by atoms with Crippen molar-refractivity contribution >= 4 is 16.0 Å². The van der Waals surface area contributed by atoms with Gasteiger partial charge in [0.2, 0.25) is 10.0 Å². The average molecular weight is 247 g/mol. The van der Waals surface area contributed by atoms with Gasteiger partial charge in [-0.3, -0.25) is 9.48 Å². The number of aryl methyl sites for hydroxylation is 1. The standard InChI is InChI=1S/C8H13N3O4S/c1-6(8(12)13)16(14,15)10-4-7-3-9-11(2)5-7/h3,5-6,10H,4H2,1-2H3,(H,12,13). The van der Waals surface area contributed by atoms with Gasteiger partial charge in [-0.25, -0.2) is 13.1 Å². The molecule has 16 heavy (non-hydrogen) atoms. The van der Waals surface area contributed by atoms with Crippen molar-refractivity contribution in [2.75, 3.05) is 0 Å². The van der Waals surface area contributed by atoms with Crippen LogP contribution in [0.1, 0.15) is 12.5 Å². The Morgan fingerprint density at radius 1 is 1.69 bits per heavy atom. The Hall–Kier alpha value is -1.41. The highest BCUT2D eigenvalue weighted by atomic mass is 32.2. The van der Waals surface area contributed by atoms with Crippen molar-refractivity contribution in [3.63, 3.8) is 0 Å². The van der Waals surface area contributed by atoms with Crippen LogP contribution in [0.25, 0.3) is 0 Å². The molecule has 0 radical (unpaired) electrons. The fourth-order valence-corrected chi connectivity index (χ4v) is 1.89. The summed E-state index contributed by atoms with van der Waals surface area (Å²) < 4.78 is 26.6. The summed E-state index contributed by atoms with van der Waals surface area (Å²) in [7, 11) is -2.13. The maximum atomic E-state index is 11.4. The largest absolute Gasteiger partial charge is 0.480 e. The number of carbonyl (C=O) groups is 1. The Morgan fingerprint density at radius 2 is 2.31 bits per heavy atom. The van der Waals surface area contributed by atoms with Crippen LogP contribution >= 0.6 is 0 Å². The van der Waals surface area contributed by atoms with Crippen molar-refractivity contribution in [3.8, 4) is 0 Å². The van der Waals surface area contributed by atoms with E-state index < -0.39 is 21.2 Å². The van der Waals surface area contributed by atoms with Crippen LogP contribution in [-0.2, 0) is 28.4 Å². The minimum absolute atomic E-state index is 0.0355. The third-order valence-electron chi connectivity index (χ3n) is 2.05. The van der Waals surface area contributed by atoms with Crippen LogP contribution in [-0.4, -0.2) is 34.5 Å². The van der Waals surface area contributed by atoms with Crippen LogP contribution in [0.15, 0.2) is 12.4 Å². The van der Waals surface area contributed by atoms with E-state index in [1.54, 1.807) is 13.2 Å². The first kappa shape index (κ1) is 12.7. The molecule has 0 spiro atoms. The molecule has 0 aliphatic heterocycles. The molecule has 1 atom stereocenters. The van der Waals surface area contributed by atoms with E-state index >= 15 is 0 Å². The van der Waals surface area contributed by atoms with Crippen molar-refractivity contribution in [1.29, 1.82) is 0 Å². The lowest BCUT2D eigenvalue weighted by Gasteiger charge is -2.08. The van der Waals surface area contributed by atoms with E-state index in [9.17, 15) is 13.2 Å². The summed E-state index contributed by atoms with van der Waals surface area (Å²) in [5.41, 5.74) is 0.670. The molecule has 1 heterocycles. The van der Waals surface area contributed by atoms with Gasteiger partial charge in [-0.2, -0.15) is 5.10 Å². The summed E-state index contributed by atoms with van der Waals surface area (Å²) in [5, 5.41) is 11.0. The predicted octanol–water partition coefficient (Wildman–Crippen LogP) is -0.687. The molecule has 0 saturated heterocycles. The molecule has 0 fully saturated rings. The summed E-state index contributed by atoms with van der Waals surface area (Å²) in [6.45, 7) is 1.15. The molecule has 1 aromatic heterocycles. The molecule has 1 aromatic rings. The van der Waals surface area contributed by atoms with Crippen molar-refractivity contribution in [3.05, 3.63) is 18.0 Å². The van der Waals surface area contributed by atoms with E-state index in [-0.39, 0.29) is 6.54 Å². The lowest BCUT2D eigenvalue weighted by Crippen LogP contribution is -2.37. The van der Waals surface area contributed by atoms with Gasteiger partial charge in [-0.05, 0) is 6.92 Å². The number of nitrogens with zero attached hydrogens (tertiary/aromatic N) is 2. The maximum absolute atomic E-state index is 11.4. The topological polar surface area (TPSA) is 101 Å². The maximum Gasteiger partial charge on any atom is 0.323 e. The van der Waals surface area contributed by atoms with E-state index in [1.165, 1.54) is 10.9 Å². The average Bonchev–Trinajstić information content (AvgIpc) is 2.60. The zero-order valence-electron chi connectivity index (χ0n) is 8.91. The SMILES string of the molecule is CC(C(=O)O)S(=O)(=O)NCc1cnn(C)c1. The molecule has 0 amide bonds. The molecule has 7 nitrogen and oxygen atoms in total. The lowest BCUT2D eigenvalue weighted by atomic mass is 10.4. The smallest absolute Gasteiger partial charge is 0.323 e. The van der Waals surface area contributed by atoms with E-state index in [4.69, 9.17) is 5.11 Å². The number of sulfonamides is 1. The second-order valence-electron chi connectivity index (χ2n) is 3.37. The Bertz CT molecular complexity index is 479. The van der Waals surface area contributed by atoms with Crippen LogP contribution in [0.3, 0.4) is 0 Å². The van der Waals surface area contributed by atoms with Crippen LogP contribution in [0.5, 0.6) is 0 Å². The first-order valence-corrected chi connectivity index (χ1v) is 6.06. The van der Waals surface area contributed by atoms with Gasteiger partial charge in [0, 0.05) is 25.4 Å². The predicted molar refractivity (Wildman–Crippen MR) is 56.1 cm³/mol. The number of hydrogen-bond acceptors (Lipinski definition) is 4. The third-order valence-corrected chi connectivity index (χ3v) is 3.73. The number of aromatic nitrogens is 2. The minimum Gasteiger partial charge on any atom is -0.480 e. The zero-order chi connectivity index (χ0) is 12.3. The molecule has 8 heteroatoms. The van der Waals surface area contributed by atoms with Gasteiger partial charge in [0.05, 0.1) is 6.20 Å². The monoisotopic (exact) mass is 247 g/mol. The van der Waals surface area contributed by atoms with Gasteiger partial charge in [-0.1, -0.05) is 0 Å². The number of rotatable bonds is 5. The van der Waals surface area contributed by atoms with Crippen LogP contribution in [0, 0.1) is 0 Å². The van der Waals surface area contributed by atoms with Crippen LogP contribution in [0.2, 0.25) is 0 Å². The molecule has 1 rings (SSSR count). The van der Waals surface area contributed by atoms with Gasteiger partial charge < -0.3 is 5.11 Å². The van der Waals surface area contributed by atoms with Crippen molar-refractivity contribution in [2.24, 2.45) is 7.05 Å². The first-order valence-electron chi connectivity index (χ1n) is 4.51. The van der Waals surface area contributed by atoms with Crippen LogP contribution in [0.4, 0.5) is 0 Å². The molecule has 0 bridgehead atoms. The van der Waals surface area contributed by atoms with E-state index in [1.807, 2.05) is 0 Å². The Balaban J connectivity index is 2.65. The number of carboxylic acids is 1. The van der Waals surface area contributed by atoms with E-state index in [0.29, 0.717) is 5.56 Å². The quantitative estimate of drug-likeness (QED) is 0.717. The highest BCUT2D eigenvalue weighted by Crippen LogP contribution is 2.01. The summed E-state index contributed by atoms with van der Waals surface area (Å²) >= 11 is 0. The van der Waals surface area contributed by atoms with Gasteiger partial charge >= 0.3 is 5.97 Å². The minimum atomic E-state index is -3.84. The number of hydrogen-bond donors (Lipinski definition) is 2. The Kier molecular flexibility index (Phi) is 3.66.